The smallest absolute Gasteiger partial charge is 0.316 e. The molecule has 0 heterocycles. The number of hydrogen-bond donors (Lipinski definition) is 1. The summed E-state index contributed by atoms with van der Waals surface area (Å²) < 4.78 is 0. The van der Waals surface area contributed by atoms with Crippen LogP contribution < -0.4 is 0 Å². The molecule has 0 saturated heterocycles. The highest BCUT2D eigenvalue weighted by Gasteiger charge is 2.11. The second kappa shape index (κ2) is 6.70. The summed E-state index contributed by atoms with van der Waals surface area (Å²) in [4.78, 5) is 23.1. The third kappa shape index (κ3) is 5.85. The van der Waals surface area contributed by atoms with Crippen LogP contribution in [0.15, 0.2) is 0 Å². The Bertz CT molecular complexity index is 206. The van der Waals surface area contributed by atoms with E-state index >= 15 is 0 Å². The van der Waals surface area contributed by atoms with Crippen LogP contribution in [0.25, 0.3) is 0 Å². The zero-order valence-electron chi connectivity index (χ0n) is 8.82. The topological polar surface area (TPSA) is 57.6 Å². The van der Waals surface area contributed by atoms with Gasteiger partial charge in [0.05, 0.1) is 5.25 Å². The third-order valence-electron chi connectivity index (χ3n) is 1.75. The van der Waals surface area contributed by atoms with Crippen LogP contribution in [0, 0.1) is 0 Å². The van der Waals surface area contributed by atoms with Gasteiger partial charge in [-0.3, -0.25) is 9.59 Å². The third-order valence-corrected chi connectivity index (χ3v) is 2.98. The predicted molar refractivity (Wildman–Crippen MR) is 57.5 cm³/mol. The molecule has 1 atom stereocenters. The second-order valence-corrected chi connectivity index (χ2v) is 4.69. The molecule has 14 heavy (non-hydrogen) atoms. The molecule has 1 unspecified atom stereocenters. The lowest BCUT2D eigenvalue weighted by Crippen LogP contribution is -2.21. The van der Waals surface area contributed by atoms with Gasteiger partial charge in [-0.25, -0.2) is 0 Å². The molecule has 0 aromatic rings. The van der Waals surface area contributed by atoms with Gasteiger partial charge in [0.1, 0.15) is 0 Å². The van der Waals surface area contributed by atoms with E-state index in [-0.39, 0.29) is 11.2 Å². The average Bonchev–Trinajstić information content (AvgIpc) is 2.11. The normalized spacial score (nSPS) is 12.2. The first-order chi connectivity index (χ1) is 6.45. The van der Waals surface area contributed by atoms with Gasteiger partial charge in [0.15, 0.2) is 0 Å². The van der Waals surface area contributed by atoms with Gasteiger partial charge in [0.25, 0.3) is 0 Å². The molecule has 1 amide bonds. The molecule has 5 heteroatoms. The Labute approximate surface area is 88.7 Å². The maximum Gasteiger partial charge on any atom is 0.316 e. The van der Waals surface area contributed by atoms with Crippen LogP contribution in [-0.2, 0) is 9.59 Å². The molecule has 0 spiro atoms. The summed E-state index contributed by atoms with van der Waals surface area (Å²) in [6, 6.07) is 0. The summed E-state index contributed by atoms with van der Waals surface area (Å²) in [7, 11) is 3.44. The van der Waals surface area contributed by atoms with Crippen molar-refractivity contribution in [2.75, 3.05) is 19.8 Å². The van der Waals surface area contributed by atoms with Crippen molar-refractivity contribution in [3.8, 4) is 0 Å². The molecular weight excluding hydrogens is 202 g/mol. The molecule has 0 aromatic heterocycles. The molecule has 0 rings (SSSR count). The lowest BCUT2D eigenvalue weighted by Gasteiger charge is -2.10. The van der Waals surface area contributed by atoms with E-state index in [0.717, 1.165) is 6.42 Å². The molecule has 0 aliphatic rings. The Morgan fingerprint density at radius 1 is 1.43 bits per heavy atom. The number of carbonyl (C=O) groups excluding carboxylic acids is 1. The number of carbonyl (C=O) groups is 2. The first-order valence-corrected chi connectivity index (χ1v) is 5.54. The van der Waals surface area contributed by atoms with Gasteiger partial charge in [0, 0.05) is 20.5 Å². The number of aliphatic carboxylic acids is 1. The van der Waals surface area contributed by atoms with Gasteiger partial charge in [-0.1, -0.05) is 0 Å². The molecule has 82 valence electrons. The summed E-state index contributed by atoms with van der Waals surface area (Å²) >= 11 is 1.37. The monoisotopic (exact) mass is 219 g/mol. The van der Waals surface area contributed by atoms with Gasteiger partial charge in [-0.05, 0) is 19.1 Å². The molecule has 1 N–H and O–H groups in total. The van der Waals surface area contributed by atoms with Crippen LogP contribution in [0.1, 0.15) is 19.8 Å². The van der Waals surface area contributed by atoms with Crippen molar-refractivity contribution in [3.63, 3.8) is 0 Å². The van der Waals surface area contributed by atoms with E-state index in [9.17, 15) is 9.59 Å². The Morgan fingerprint density at radius 2 is 2.00 bits per heavy atom. The van der Waals surface area contributed by atoms with E-state index in [1.54, 1.807) is 25.9 Å². The van der Waals surface area contributed by atoms with Crippen LogP contribution in [-0.4, -0.2) is 47.0 Å². The van der Waals surface area contributed by atoms with Crippen molar-refractivity contribution in [3.05, 3.63) is 0 Å². The van der Waals surface area contributed by atoms with Crippen molar-refractivity contribution in [1.82, 2.24) is 4.90 Å². The molecule has 0 radical (unpaired) electrons. The highest BCUT2D eigenvalue weighted by Crippen LogP contribution is 2.12. The van der Waals surface area contributed by atoms with Crippen LogP contribution in [0.4, 0.5) is 0 Å². The first-order valence-electron chi connectivity index (χ1n) is 4.49. The lowest BCUT2D eigenvalue weighted by atomic mass is 10.3. The van der Waals surface area contributed by atoms with E-state index in [4.69, 9.17) is 5.11 Å². The second-order valence-electron chi connectivity index (χ2n) is 3.24. The van der Waals surface area contributed by atoms with E-state index in [2.05, 4.69) is 0 Å². The summed E-state index contributed by atoms with van der Waals surface area (Å²) in [6.45, 7) is 1.65. The zero-order valence-corrected chi connectivity index (χ0v) is 9.63. The summed E-state index contributed by atoms with van der Waals surface area (Å²) in [5.41, 5.74) is 0. The summed E-state index contributed by atoms with van der Waals surface area (Å²) in [5.74, 6) is 0.00932. The van der Waals surface area contributed by atoms with Gasteiger partial charge < -0.3 is 10.0 Å². The highest BCUT2D eigenvalue weighted by atomic mass is 32.2. The van der Waals surface area contributed by atoms with Crippen molar-refractivity contribution in [1.29, 1.82) is 0 Å². The molecule has 0 aromatic carbocycles. The predicted octanol–water partition coefficient (Wildman–Crippen LogP) is 1.06. The number of nitrogens with zero attached hydrogens (tertiary/aromatic N) is 1. The maximum absolute atomic E-state index is 11.1. The minimum absolute atomic E-state index is 0.0913. The molecular formula is C9H17NO3S. The Kier molecular flexibility index (Phi) is 6.36. The van der Waals surface area contributed by atoms with Crippen LogP contribution in [0.5, 0.6) is 0 Å². The van der Waals surface area contributed by atoms with Crippen LogP contribution in [0.3, 0.4) is 0 Å². The Hall–Kier alpha value is -0.710. The minimum atomic E-state index is -0.797. The zero-order chi connectivity index (χ0) is 11.1. The quantitative estimate of drug-likeness (QED) is 0.679. The molecule has 4 nitrogen and oxygen atoms in total. The first kappa shape index (κ1) is 13.3. The number of hydrogen-bond acceptors (Lipinski definition) is 3. The molecule has 0 aliphatic heterocycles. The van der Waals surface area contributed by atoms with Crippen molar-refractivity contribution in [2.45, 2.75) is 25.0 Å². The van der Waals surface area contributed by atoms with Gasteiger partial charge in [-0.15, -0.1) is 11.8 Å². The van der Waals surface area contributed by atoms with E-state index in [0.29, 0.717) is 12.2 Å². The average molecular weight is 219 g/mol. The van der Waals surface area contributed by atoms with Crippen molar-refractivity contribution < 1.29 is 14.7 Å². The number of rotatable bonds is 6. The van der Waals surface area contributed by atoms with Crippen molar-refractivity contribution >= 4 is 23.6 Å². The van der Waals surface area contributed by atoms with Gasteiger partial charge in [0.2, 0.25) is 5.91 Å². The number of amides is 1. The van der Waals surface area contributed by atoms with Crippen molar-refractivity contribution in [2.24, 2.45) is 0 Å². The summed E-state index contributed by atoms with van der Waals surface area (Å²) in [6.07, 6.45) is 1.23. The highest BCUT2D eigenvalue weighted by molar-refractivity contribution is 8.00. The fourth-order valence-corrected chi connectivity index (χ4v) is 1.59. The largest absolute Gasteiger partial charge is 0.480 e. The summed E-state index contributed by atoms with van der Waals surface area (Å²) in [5, 5.41) is 8.20. The van der Waals surface area contributed by atoms with Crippen LogP contribution >= 0.6 is 11.8 Å². The SMILES string of the molecule is CC(SCCCC(=O)N(C)C)C(=O)O. The molecule has 0 aliphatic carbocycles. The van der Waals surface area contributed by atoms with Gasteiger partial charge in [-0.2, -0.15) is 0 Å². The maximum atomic E-state index is 11.1. The Balaban J connectivity index is 3.47. The Morgan fingerprint density at radius 3 is 2.43 bits per heavy atom. The molecule has 0 fully saturated rings. The minimum Gasteiger partial charge on any atom is -0.480 e. The van der Waals surface area contributed by atoms with E-state index in [1.165, 1.54) is 11.8 Å². The standard InChI is InChI=1S/C9H17NO3S/c1-7(9(12)13)14-6-4-5-8(11)10(2)3/h7H,4-6H2,1-3H3,(H,12,13). The van der Waals surface area contributed by atoms with E-state index < -0.39 is 5.97 Å². The number of thioether (sulfide) groups is 1. The number of carboxylic acids is 1. The fourth-order valence-electron chi connectivity index (χ4n) is 0.778. The van der Waals surface area contributed by atoms with Crippen LogP contribution in [0.2, 0.25) is 0 Å². The number of carboxylic acid groups (broad SMARTS) is 1. The lowest BCUT2D eigenvalue weighted by molar-refractivity contribution is -0.136. The van der Waals surface area contributed by atoms with E-state index in [1.807, 2.05) is 0 Å². The van der Waals surface area contributed by atoms with Gasteiger partial charge >= 0.3 is 5.97 Å². The fraction of sp³-hybridized carbons (Fsp3) is 0.778. The molecule has 0 bridgehead atoms. The molecule has 0 saturated carbocycles.